The average molecular weight is 768 g/mol. The zero-order valence-electron chi connectivity index (χ0n) is 32.1. The van der Waals surface area contributed by atoms with Crippen LogP contribution in [0.2, 0.25) is 0 Å². The Kier molecular flexibility index (Phi) is 9.09. The third-order valence-electron chi connectivity index (χ3n) is 11.6. The molecule has 58 heavy (non-hydrogen) atoms. The number of hydrogen-bond acceptors (Lipinski definition) is 9. The first-order valence-electron chi connectivity index (χ1n) is 19.4. The first kappa shape index (κ1) is 35.8. The Morgan fingerprint density at radius 1 is 0.707 bits per heavy atom. The minimum absolute atomic E-state index is 0.0956. The molecule has 0 saturated carbocycles. The number of aromatic nitrogens is 4. The van der Waals surface area contributed by atoms with Gasteiger partial charge in [-0.15, -0.1) is 0 Å². The summed E-state index contributed by atoms with van der Waals surface area (Å²) in [5.41, 5.74) is 4.07. The van der Waals surface area contributed by atoms with Gasteiger partial charge in [0.1, 0.15) is 35.8 Å². The number of ether oxygens (including phenoxy) is 4. The average Bonchev–Trinajstić information content (AvgIpc) is 3.89. The molecule has 0 unspecified atom stereocenters. The fourth-order valence-corrected chi connectivity index (χ4v) is 8.64. The van der Waals surface area contributed by atoms with Crippen LogP contribution in [0.3, 0.4) is 0 Å². The van der Waals surface area contributed by atoms with Gasteiger partial charge in [-0.05, 0) is 78.8 Å². The van der Waals surface area contributed by atoms with Crippen molar-refractivity contribution in [3.63, 3.8) is 0 Å². The van der Waals surface area contributed by atoms with E-state index >= 15 is 0 Å². The second-order valence-electron chi connectivity index (χ2n) is 14.7. The van der Waals surface area contributed by atoms with E-state index in [1.165, 1.54) is 38.6 Å². The maximum atomic E-state index is 11.5. The van der Waals surface area contributed by atoms with E-state index in [-0.39, 0.29) is 6.61 Å². The van der Waals surface area contributed by atoms with Gasteiger partial charge in [0, 0.05) is 13.0 Å². The predicted octanol–water partition coefficient (Wildman–Crippen LogP) is 9.01. The van der Waals surface area contributed by atoms with Crippen LogP contribution in [-0.2, 0) is 21.6 Å². The van der Waals surface area contributed by atoms with Crippen LogP contribution in [0.5, 0.6) is 11.5 Å². The van der Waals surface area contributed by atoms with Crippen molar-refractivity contribution in [3.8, 4) is 11.5 Å². The lowest BCUT2D eigenvalue weighted by Gasteiger charge is -2.37. The van der Waals surface area contributed by atoms with Crippen molar-refractivity contribution in [1.29, 1.82) is 0 Å². The molecule has 9 aromatic rings. The number of aliphatic hydroxyl groups is 1. The van der Waals surface area contributed by atoms with E-state index in [2.05, 4.69) is 82.0 Å². The van der Waals surface area contributed by atoms with Crippen LogP contribution in [0, 0.1) is 0 Å². The summed E-state index contributed by atoms with van der Waals surface area (Å²) in [5, 5.41) is 22.5. The maximum Gasteiger partial charge on any atom is 0.167 e. The molecule has 1 saturated heterocycles. The first-order valence-corrected chi connectivity index (χ1v) is 19.4. The van der Waals surface area contributed by atoms with Gasteiger partial charge in [0.05, 0.1) is 33.3 Å². The lowest BCUT2D eigenvalue weighted by Crippen LogP contribution is -2.38. The van der Waals surface area contributed by atoms with Crippen LogP contribution >= 0.6 is 0 Å². The van der Waals surface area contributed by atoms with E-state index < -0.39 is 24.0 Å². The van der Waals surface area contributed by atoms with Crippen molar-refractivity contribution < 1.29 is 24.1 Å². The summed E-state index contributed by atoms with van der Waals surface area (Å²) in [7, 11) is 3.30. The molecular formula is C48H41N5O5. The van der Waals surface area contributed by atoms with Gasteiger partial charge in [0.25, 0.3) is 0 Å². The van der Waals surface area contributed by atoms with Gasteiger partial charge in [-0.25, -0.2) is 15.0 Å². The molecule has 7 aromatic carbocycles. The number of anilines is 1. The number of imidazole rings is 1. The van der Waals surface area contributed by atoms with Gasteiger partial charge in [-0.2, -0.15) is 0 Å². The van der Waals surface area contributed by atoms with Crippen molar-refractivity contribution >= 4 is 49.3 Å². The molecule has 10 nitrogen and oxygen atoms in total. The van der Waals surface area contributed by atoms with Crippen molar-refractivity contribution in [2.24, 2.45) is 0 Å². The van der Waals surface area contributed by atoms with Gasteiger partial charge in [0.15, 0.2) is 17.0 Å². The minimum Gasteiger partial charge on any atom is -0.497 e. The number of aliphatic hydroxyl groups excluding tert-OH is 1. The van der Waals surface area contributed by atoms with Gasteiger partial charge < -0.3 is 29.4 Å². The van der Waals surface area contributed by atoms with Crippen LogP contribution in [0.25, 0.3) is 43.5 Å². The molecule has 0 radical (unpaired) electrons. The second-order valence-corrected chi connectivity index (χ2v) is 14.7. The lowest BCUT2D eigenvalue weighted by atomic mass is 9.80. The largest absolute Gasteiger partial charge is 0.497 e. The van der Waals surface area contributed by atoms with Gasteiger partial charge in [-0.1, -0.05) is 109 Å². The van der Waals surface area contributed by atoms with E-state index in [1.54, 1.807) is 20.5 Å². The Morgan fingerprint density at radius 3 is 2.03 bits per heavy atom. The summed E-state index contributed by atoms with van der Waals surface area (Å²) < 4.78 is 26.6. The molecule has 3 atom stereocenters. The highest BCUT2D eigenvalue weighted by molar-refractivity contribution is 6.23. The Balaban J connectivity index is 0.921. The number of nitrogens with zero attached hydrogens (tertiary/aromatic N) is 4. The van der Waals surface area contributed by atoms with Crippen molar-refractivity contribution in [2.75, 3.05) is 26.1 Å². The van der Waals surface area contributed by atoms with Gasteiger partial charge >= 0.3 is 0 Å². The summed E-state index contributed by atoms with van der Waals surface area (Å²) in [6, 6.07) is 45.5. The molecule has 288 valence electrons. The van der Waals surface area contributed by atoms with Crippen LogP contribution in [-0.4, -0.2) is 57.7 Å². The third kappa shape index (κ3) is 6.04. The first-order chi connectivity index (χ1) is 28.5. The number of nitrogens with one attached hydrogen (secondary N) is 1. The molecular weight excluding hydrogens is 727 g/mol. The molecule has 10 rings (SSSR count). The summed E-state index contributed by atoms with van der Waals surface area (Å²) in [6.45, 7) is 0.648. The van der Waals surface area contributed by atoms with E-state index in [4.69, 9.17) is 23.9 Å². The number of hydrogen-bond donors (Lipinski definition) is 2. The van der Waals surface area contributed by atoms with E-state index in [0.717, 1.165) is 33.8 Å². The second kappa shape index (κ2) is 14.7. The third-order valence-corrected chi connectivity index (χ3v) is 11.6. The molecule has 0 bridgehead atoms. The monoisotopic (exact) mass is 767 g/mol. The quantitative estimate of drug-likeness (QED) is 0.0929. The molecule has 3 heterocycles. The molecule has 1 aliphatic rings. The number of rotatable bonds is 12. The highest BCUT2D eigenvalue weighted by Gasteiger charge is 2.42. The lowest BCUT2D eigenvalue weighted by molar-refractivity contribution is -0.0931. The zero-order valence-corrected chi connectivity index (χ0v) is 32.1. The Bertz CT molecular complexity index is 2800. The van der Waals surface area contributed by atoms with Gasteiger partial charge in [0.2, 0.25) is 0 Å². The topological polar surface area (TPSA) is 113 Å². The molecule has 2 N–H and O–H groups in total. The van der Waals surface area contributed by atoms with Crippen molar-refractivity contribution in [2.45, 2.75) is 37.0 Å². The van der Waals surface area contributed by atoms with Crippen LogP contribution in [0.4, 0.5) is 5.82 Å². The van der Waals surface area contributed by atoms with Crippen molar-refractivity contribution in [1.82, 2.24) is 19.5 Å². The van der Waals surface area contributed by atoms with Gasteiger partial charge in [-0.3, -0.25) is 4.57 Å². The number of fused-ring (bicyclic) bond motifs is 1. The summed E-state index contributed by atoms with van der Waals surface area (Å²) in [6.07, 6.45) is 1.61. The number of benzene rings is 7. The van der Waals surface area contributed by atoms with E-state index in [0.29, 0.717) is 29.9 Å². The van der Waals surface area contributed by atoms with E-state index in [9.17, 15) is 5.11 Å². The summed E-state index contributed by atoms with van der Waals surface area (Å²) in [4.78, 5) is 14.0. The van der Waals surface area contributed by atoms with Crippen molar-refractivity contribution in [3.05, 3.63) is 168 Å². The molecule has 0 amide bonds. The van der Waals surface area contributed by atoms with E-state index in [1.807, 2.05) is 71.3 Å². The Labute approximate surface area is 335 Å². The maximum absolute atomic E-state index is 11.5. The smallest absolute Gasteiger partial charge is 0.167 e. The zero-order chi connectivity index (χ0) is 39.2. The Hall–Kier alpha value is -6.59. The van der Waals surface area contributed by atoms with Crippen LogP contribution in [0.15, 0.2) is 146 Å². The normalized spacial score (nSPS) is 17.1. The SMILES string of the molecule is COc1ccc(C(OC[C@H]2O[C@@H](n3cnc4c(NCc5ccc6ccc7cccc8ccc5c6c78)ncnc43)C[C@@H]2O)(c2ccccc2)c2ccc(OC)cc2)cc1. The molecule has 2 aromatic heterocycles. The summed E-state index contributed by atoms with van der Waals surface area (Å²) in [5.74, 6) is 2.10. The summed E-state index contributed by atoms with van der Waals surface area (Å²) >= 11 is 0. The molecule has 0 aliphatic carbocycles. The molecule has 1 fully saturated rings. The fourth-order valence-electron chi connectivity index (χ4n) is 8.64. The Morgan fingerprint density at radius 2 is 1.34 bits per heavy atom. The van der Waals surface area contributed by atoms with Crippen LogP contribution in [0.1, 0.15) is 34.9 Å². The highest BCUT2D eigenvalue weighted by atomic mass is 16.6. The fraction of sp³-hybridized carbons (Fsp3) is 0.188. The predicted molar refractivity (Wildman–Crippen MR) is 226 cm³/mol. The molecule has 0 spiro atoms. The highest BCUT2D eigenvalue weighted by Crippen LogP contribution is 2.43. The number of methoxy groups -OCH3 is 2. The van der Waals surface area contributed by atoms with Crippen LogP contribution < -0.4 is 14.8 Å². The minimum atomic E-state index is -1.05. The standard InChI is InChI=1S/C48H41N5O5/c1-55-37-20-16-35(17-21-37)48(34-9-4-3-5-10-34,36-18-22-38(56-2)23-19-36)57-27-41-40(54)25-42(58-41)53-29-52-45-46(50-28-51-47(45)53)49-26-33-14-13-32-12-11-30-7-6-8-31-15-24-39(33)44(32)43(30)31/h3-24,28-29,40-42,54H,25-27H2,1-2H3,(H,49,50,51)/t40-,41+,42+/m0/s1. The molecule has 10 heteroatoms. The molecule has 1 aliphatic heterocycles.